The molecule has 2 amide bonds. The minimum absolute atomic E-state index is 0.123. The predicted molar refractivity (Wildman–Crippen MR) is 108 cm³/mol. The van der Waals surface area contributed by atoms with Gasteiger partial charge in [-0.2, -0.15) is 0 Å². The zero-order valence-corrected chi connectivity index (χ0v) is 16.2. The molecule has 1 heterocycles. The van der Waals surface area contributed by atoms with E-state index in [0.717, 1.165) is 5.69 Å². The van der Waals surface area contributed by atoms with Crippen molar-refractivity contribution in [1.82, 2.24) is 4.98 Å². The summed E-state index contributed by atoms with van der Waals surface area (Å²) < 4.78 is 10.4. The molecule has 0 atom stereocenters. The van der Waals surface area contributed by atoms with Gasteiger partial charge in [0.1, 0.15) is 0 Å². The zero-order valence-electron chi connectivity index (χ0n) is 15.4. The normalized spacial score (nSPS) is 10.2. The van der Waals surface area contributed by atoms with Gasteiger partial charge in [-0.05, 0) is 30.3 Å². The lowest BCUT2D eigenvalue weighted by Crippen LogP contribution is -2.15. The number of ether oxygens (including phenoxy) is 2. The van der Waals surface area contributed by atoms with E-state index in [4.69, 9.17) is 9.47 Å². The minimum Gasteiger partial charge on any atom is -0.493 e. The third-order valence-corrected chi connectivity index (χ3v) is 4.62. The molecule has 3 aromatic rings. The standard InChI is InChI=1S/C20H19N3O4S/c1-26-16-9-8-13(10-17(16)27-2)19(25)23-20-22-15(12-28-20)11-18(24)21-14-6-4-3-5-7-14/h3-10,12H,11H2,1-2H3,(H,21,24)(H,22,23,25). The number of para-hydroxylation sites is 1. The van der Waals surface area contributed by atoms with Crippen molar-refractivity contribution >= 4 is 34.0 Å². The van der Waals surface area contributed by atoms with Crippen molar-refractivity contribution in [3.05, 3.63) is 65.2 Å². The van der Waals surface area contributed by atoms with Crippen LogP contribution in [0.4, 0.5) is 10.8 Å². The van der Waals surface area contributed by atoms with E-state index in [2.05, 4.69) is 15.6 Å². The zero-order chi connectivity index (χ0) is 19.9. The highest BCUT2D eigenvalue weighted by molar-refractivity contribution is 7.14. The number of carbonyl (C=O) groups is 2. The van der Waals surface area contributed by atoms with Crippen LogP contribution in [0.5, 0.6) is 11.5 Å². The molecule has 7 nitrogen and oxygen atoms in total. The van der Waals surface area contributed by atoms with Crippen molar-refractivity contribution < 1.29 is 19.1 Å². The Morgan fingerprint density at radius 3 is 2.46 bits per heavy atom. The fraction of sp³-hybridized carbons (Fsp3) is 0.150. The third-order valence-electron chi connectivity index (χ3n) is 3.82. The van der Waals surface area contributed by atoms with E-state index in [0.29, 0.717) is 27.9 Å². The van der Waals surface area contributed by atoms with Crippen LogP contribution in [0.1, 0.15) is 16.1 Å². The van der Waals surface area contributed by atoms with E-state index in [1.807, 2.05) is 30.3 Å². The van der Waals surface area contributed by atoms with Gasteiger partial charge in [0.15, 0.2) is 16.6 Å². The van der Waals surface area contributed by atoms with Crippen LogP contribution in [-0.4, -0.2) is 31.0 Å². The maximum atomic E-state index is 12.4. The number of rotatable bonds is 7. The number of anilines is 2. The van der Waals surface area contributed by atoms with Crippen molar-refractivity contribution in [2.24, 2.45) is 0 Å². The summed E-state index contributed by atoms with van der Waals surface area (Å²) in [6.45, 7) is 0. The van der Waals surface area contributed by atoms with Crippen LogP contribution in [0.2, 0.25) is 0 Å². The molecule has 0 fully saturated rings. The molecular formula is C20H19N3O4S. The topological polar surface area (TPSA) is 89.5 Å². The Hall–Kier alpha value is -3.39. The molecule has 28 heavy (non-hydrogen) atoms. The fourth-order valence-electron chi connectivity index (χ4n) is 2.48. The molecule has 0 unspecified atom stereocenters. The Bertz CT molecular complexity index is 973. The molecule has 0 aliphatic carbocycles. The molecule has 0 aliphatic rings. The number of carbonyl (C=O) groups excluding carboxylic acids is 2. The summed E-state index contributed by atoms with van der Waals surface area (Å²) in [4.78, 5) is 28.8. The summed E-state index contributed by atoms with van der Waals surface area (Å²) in [6, 6.07) is 14.1. The highest BCUT2D eigenvalue weighted by Gasteiger charge is 2.14. The quantitative estimate of drug-likeness (QED) is 0.636. The molecule has 0 saturated heterocycles. The number of nitrogens with one attached hydrogen (secondary N) is 2. The van der Waals surface area contributed by atoms with Gasteiger partial charge < -0.3 is 14.8 Å². The number of thiazole rings is 1. The first-order valence-electron chi connectivity index (χ1n) is 8.41. The van der Waals surface area contributed by atoms with Gasteiger partial charge in [-0.3, -0.25) is 14.9 Å². The number of benzene rings is 2. The van der Waals surface area contributed by atoms with Gasteiger partial charge in [0.05, 0.1) is 26.3 Å². The number of nitrogens with zero attached hydrogens (tertiary/aromatic N) is 1. The lowest BCUT2D eigenvalue weighted by Gasteiger charge is -2.09. The van der Waals surface area contributed by atoms with Crippen molar-refractivity contribution in [1.29, 1.82) is 0 Å². The first-order chi connectivity index (χ1) is 13.6. The van der Waals surface area contributed by atoms with Crippen LogP contribution in [-0.2, 0) is 11.2 Å². The molecule has 1 aromatic heterocycles. The van der Waals surface area contributed by atoms with Crippen LogP contribution in [0.25, 0.3) is 0 Å². The molecular weight excluding hydrogens is 378 g/mol. The second-order valence-electron chi connectivity index (χ2n) is 5.76. The Balaban J connectivity index is 1.61. The number of hydrogen-bond acceptors (Lipinski definition) is 6. The maximum Gasteiger partial charge on any atom is 0.257 e. The predicted octanol–water partition coefficient (Wildman–Crippen LogP) is 3.59. The molecule has 144 valence electrons. The van der Waals surface area contributed by atoms with Crippen LogP contribution in [0.3, 0.4) is 0 Å². The molecule has 0 radical (unpaired) electrons. The van der Waals surface area contributed by atoms with Gasteiger partial charge in [-0.15, -0.1) is 11.3 Å². The number of hydrogen-bond donors (Lipinski definition) is 2. The van der Waals surface area contributed by atoms with Gasteiger partial charge in [0.2, 0.25) is 5.91 Å². The monoisotopic (exact) mass is 397 g/mol. The van der Waals surface area contributed by atoms with E-state index in [-0.39, 0.29) is 18.2 Å². The SMILES string of the molecule is COc1ccc(C(=O)Nc2nc(CC(=O)Nc3ccccc3)cs2)cc1OC. The lowest BCUT2D eigenvalue weighted by atomic mass is 10.2. The largest absolute Gasteiger partial charge is 0.493 e. The van der Waals surface area contributed by atoms with Crippen molar-refractivity contribution in [2.45, 2.75) is 6.42 Å². The minimum atomic E-state index is -0.324. The van der Waals surface area contributed by atoms with E-state index in [1.165, 1.54) is 25.6 Å². The van der Waals surface area contributed by atoms with Gasteiger partial charge in [0, 0.05) is 16.6 Å². The highest BCUT2D eigenvalue weighted by atomic mass is 32.1. The van der Waals surface area contributed by atoms with Gasteiger partial charge in [0.25, 0.3) is 5.91 Å². The Kier molecular flexibility index (Phi) is 6.23. The van der Waals surface area contributed by atoms with Crippen molar-refractivity contribution in [3.63, 3.8) is 0 Å². The third kappa shape index (κ3) is 4.86. The summed E-state index contributed by atoms with van der Waals surface area (Å²) in [5.74, 6) is 0.512. The smallest absolute Gasteiger partial charge is 0.257 e. The van der Waals surface area contributed by atoms with Crippen molar-refractivity contribution in [3.8, 4) is 11.5 Å². The second kappa shape index (κ2) is 9.01. The average Bonchev–Trinajstić information content (AvgIpc) is 3.14. The molecule has 0 aliphatic heterocycles. The molecule has 0 spiro atoms. The molecule has 0 saturated carbocycles. The average molecular weight is 397 g/mol. The molecule has 2 N–H and O–H groups in total. The maximum absolute atomic E-state index is 12.4. The summed E-state index contributed by atoms with van der Waals surface area (Å²) in [5, 5.41) is 7.70. The molecule has 2 aromatic carbocycles. The summed E-state index contributed by atoms with van der Waals surface area (Å²) in [5.41, 5.74) is 1.72. The van der Waals surface area contributed by atoms with Crippen LogP contribution < -0.4 is 20.1 Å². The highest BCUT2D eigenvalue weighted by Crippen LogP contribution is 2.28. The fourth-order valence-corrected chi connectivity index (χ4v) is 3.19. The Labute approximate surface area is 166 Å². The van der Waals surface area contributed by atoms with E-state index >= 15 is 0 Å². The lowest BCUT2D eigenvalue weighted by molar-refractivity contribution is -0.115. The first kappa shape index (κ1) is 19.4. The molecule has 8 heteroatoms. The first-order valence-corrected chi connectivity index (χ1v) is 9.29. The second-order valence-corrected chi connectivity index (χ2v) is 6.62. The van der Waals surface area contributed by atoms with Gasteiger partial charge >= 0.3 is 0 Å². The van der Waals surface area contributed by atoms with Gasteiger partial charge in [-0.1, -0.05) is 18.2 Å². The van der Waals surface area contributed by atoms with Crippen LogP contribution in [0, 0.1) is 0 Å². The van der Waals surface area contributed by atoms with E-state index in [1.54, 1.807) is 23.6 Å². The Morgan fingerprint density at radius 1 is 1.00 bits per heavy atom. The van der Waals surface area contributed by atoms with E-state index in [9.17, 15) is 9.59 Å². The number of methoxy groups -OCH3 is 2. The van der Waals surface area contributed by atoms with E-state index < -0.39 is 0 Å². The molecule has 3 rings (SSSR count). The van der Waals surface area contributed by atoms with Crippen LogP contribution in [0.15, 0.2) is 53.9 Å². The van der Waals surface area contributed by atoms with Crippen molar-refractivity contribution in [2.75, 3.05) is 24.9 Å². The summed E-state index contributed by atoms with van der Waals surface area (Å²) >= 11 is 1.26. The number of aromatic nitrogens is 1. The summed E-state index contributed by atoms with van der Waals surface area (Å²) in [6.07, 6.45) is 0.123. The van der Waals surface area contributed by atoms with Gasteiger partial charge in [-0.25, -0.2) is 4.98 Å². The molecule has 0 bridgehead atoms. The summed E-state index contributed by atoms with van der Waals surface area (Å²) in [7, 11) is 3.04. The Morgan fingerprint density at radius 2 is 1.75 bits per heavy atom. The van der Waals surface area contributed by atoms with Crippen LogP contribution >= 0.6 is 11.3 Å². The number of amides is 2.